The summed E-state index contributed by atoms with van der Waals surface area (Å²) in [5.74, 6) is 0.949. The van der Waals surface area contributed by atoms with E-state index in [1.807, 2.05) is 12.1 Å². The fourth-order valence-electron chi connectivity index (χ4n) is 3.31. The Hall–Kier alpha value is -0.990. The third-order valence-electron chi connectivity index (χ3n) is 4.71. The predicted molar refractivity (Wildman–Crippen MR) is 86.2 cm³/mol. The van der Waals surface area contributed by atoms with Crippen LogP contribution in [0, 0.1) is 5.92 Å². The molecule has 0 atom stereocenters. The van der Waals surface area contributed by atoms with Crippen molar-refractivity contribution in [1.82, 2.24) is 10.3 Å². The van der Waals surface area contributed by atoms with Gasteiger partial charge in [0.05, 0.1) is 5.02 Å². The van der Waals surface area contributed by atoms with Crippen molar-refractivity contribution in [3.8, 4) is 0 Å². The van der Waals surface area contributed by atoms with Gasteiger partial charge in [-0.25, -0.2) is 0 Å². The van der Waals surface area contributed by atoms with E-state index < -0.39 is 0 Å². The minimum absolute atomic E-state index is 0.653. The Balaban J connectivity index is 1.61. The zero-order valence-electron chi connectivity index (χ0n) is 12.1. The van der Waals surface area contributed by atoms with Crippen LogP contribution in [-0.4, -0.2) is 11.0 Å². The molecule has 0 saturated heterocycles. The summed E-state index contributed by atoms with van der Waals surface area (Å²) in [4.78, 5) is 3.43. The summed E-state index contributed by atoms with van der Waals surface area (Å²) < 4.78 is 0. The highest BCUT2D eigenvalue weighted by Gasteiger charge is 2.20. The van der Waals surface area contributed by atoms with Gasteiger partial charge in [-0.15, -0.1) is 0 Å². The Bertz CT molecular complexity index is 567. The zero-order chi connectivity index (χ0) is 13.9. The molecule has 0 bridgehead atoms. The molecule has 3 rings (SSSR count). The largest absolute Gasteiger partial charge is 0.356 e. The number of fused-ring (bicyclic) bond motifs is 1. The minimum atomic E-state index is 0.653. The molecular weight excluding hydrogens is 268 g/mol. The Labute approximate surface area is 125 Å². The van der Waals surface area contributed by atoms with Gasteiger partial charge in [-0.2, -0.15) is 0 Å². The molecule has 1 aromatic carbocycles. The van der Waals surface area contributed by atoms with E-state index in [2.05, 4.69) is 29.4 Å². The quantitative estimate of drug-likeness (QED) is 0.825. The average Bonchev–Trinajstić information content (AvgIpc) is 2.83. The monoisotopic (exact) mass is 290 g/mol. The molecule has 0 amide bonds. The maximum absolute atomic E-state index is 6.45. The van der Waals surface area contributed by atoms with Crippen molar-refractivity contribution in [3.05, 3.63) is 35.0 Å². The lowest BCUT2D eigenvalue weighted by Crippen LogP contribution is -2.32. The van der Waals surface area contributed by atoms with Crippen LogP contribution in [0.4, 0.5) is 0 Å². The van der Waals surface area contributed by atoms with Gasteiger partial charge in [0.15, 0.2) is 0 Å². The van der Waals surface area contributed by atoms with Crippen LogP contribution < -0.4 is 5.32 Å². The van der Waals surface area contributed by atoms with E-state index >= 15 is 0 Å². The number of hydrogen-bond donors (Lipinski definition) is 2. The molecule has 1 fully saturated rings. The van der Waals surface area contributed by atoms with Crippen molar-refractivity contribution < 1.29 is 0 Å². The second-order valence-corrected chi connectivity index (χ2v) is 6.35. The van der Waals surface area contributed by atoms with Crippen molar-refractivity contribution in [2.75, 3.05) is 0 Å². The van der Waals surface area contributed by atoms with E-state index in [9.17, 15) is 0 Å². The smallest absolute Gasteiger partial charge is 0.0705 e. The van der Waals surface area contributed by atoms with Gasteiger partial charge in [0, 0.05) is 29.2 Å². The molecule has 1 aliphatic carbocycles. The number of rotatable bonds is 4. The summed E-state index contributed by atoms with van der Waals surface area (Å²) in [6, 6.07) is 8.88. The summed E-state index contributed by atoms with van der Waals surface area (Å²) in [6.07, 6.45) is 6.68. The number of aromatic nitrogens is 1. The Morgan fingerprint density at radius 2 is 1.95 bits per heavy atom. The third kappa shape index (κ3) is 2.87. The number of H-pyrrole nitrogens is 1. The first-order valence-corrected chi connectivity index (χ1v) is 8.14. The molecule has 20 heavy (non-hydrogen) atoms. The summed E-state index contributed by atoms with van der Waals surface area (Å²) in [7, 11) is 0. The second-order valence-electron chi connectivity index (χ2n) is 5.97. The minimum Gasteiger partial charge on any atom is -0.356 e. The Morgan fingerprint density at radius 3 is 2.65 bits per heavy atom. The van der Waals surface area contributed by atoms with Gasteiger partial charge in [0.25, 0.3) is 0 Å². The van der Waals surface area contributed by atoms with E-state index in [4.69, 9.17) is 11.6 Å². The van der Waals surface area contributed by atoms with E-state index in [1.165, 1.54) is 32.1 Å². The fourth-order valence-corrected chi connectivity index (χ4v) is 3.59. The van der Waals surface area contributed by atoms with Crippen LogP contribution in [0.25, 0.3) is 10.9 Å². The molecule has 0 radical (unpaired) electrons. The van der Waals surface area contributed by atoms with Crippen LogP contribution in [0.3, 0.4) is 0 Å². The zero-order valence-corrected chi connectivity index (χ0v) is 12.8. The van der Waals surface area contributed by atoms with E-state index in [0.29, 0.717) is 6.04 Å². The number of para-hydroxylation sites is 1. The molecule has 2 aromatic rings. The molecule has 1 aromatic heterocycles. The van der Waals surface area contributed by atoms with Crippen LogP contribution >= 0.6 is 11.6 Å². The number of hydrogen-bond acceptors (Lipinski definition) is 1. The normalized spacial score (nSPS) is 23.3. The molecule has 0 aliphatic heterocycles. The van der Waals surface area contributed by atoms with Crippen LogP contribution in [0.15, 0.2) is 24.3 Å². The molecular formula is C17H23ClN2. The molecule has 0 spiro atoms. The van der Waals surface area contributed by atoms with Gasteiger partial charge < -0.3 is 10.3 Å². The van der Waals surface area contributed by atoms with Crippen LogP contribution in [0.5, 0.6) is 0 Å². The summed E-state index contributed by atoms with van der Waals surface area (Å²) in [5.41, 5.74) is 2.24. The molecule has 2 N–H and O–H groups in total. The van der Waals surface area contributed by atoms with Gasteiger partial charge in [-0.1, -0.05) is 43.1 Å². The first-order chi connectivity index (χ1) is 9.78. The van der Waals surface area contributed by atoms with E-state index in [0.717, 1.165) is 34.1 Å². The van der Waals surface area contributed by atoms with E-state index in [1.54, 1.807) is 0 Å². The number of benzene rings is 1. The van der Waals surface area contributed by atoms with Crippen LogP contribution in [0.1, 0.15) is 44.7 Å². The molecule has 108 valence electrons. The number of halogens is 1. The molecule has 1 aliphatic rings. The van der Waals surface area contributed by atoms with Gasteiger partial charge in [-0.05, 0) is 37.7 Å². The third-order valence-corrected chi connectivity index (χ3v) is 5.14. The van der Waals surface area contributed by atoms with E-state index in [-0.39, 0.29) is 0 Å². The molecule has 1 saturated carbocycles. The topological polar surface area (TPSA) is 27.8 Å². The highest BCUT2D eigenvalue weighted by atomic mass is 35.5. The highest BCUT2D eigenvalue weighted by Crippen LogP contribution is 2.29. The fraction of sp³-hybridized carbons (Fsp3) is 0.529. The van der Waals surface area contributed by atoms with Gasteiger partial charge in [0.1, 0.15) is 0 Å². The Morgan fingerprint density at radius 1 is 1.20 bits per heavy atom. The van der Waals surface area contributed by atoms with Crippen molar-refractivity contribution in [3.63, 3.8) is 0 Å². The van der Waals surface area contributed by atoms with Crippen molar-refractivity contribution in [1.29, 1.82) is 0 Å². The molecule has 1 heterocycles. The van der Waals surface area contributed by atoms with Crippen LogP contribution in [-0.2, 0) is 6.54 Å². The average molecular weight is 291 g/mol. The second kappa shape index (κ2) is 6.19. The predicted octanol–water partition coefficient (Wildman–Crippen LogP) is 4.88. The van der Waals surface area contributed by atoms with Crippen LogP contribution in [0.2, 0.25) is 5.02 Å². The van der Waals surface area contributed by atoms with Crippen molar-refractivity contribution in [2.24, 2.45) is 5.92 Å². The summed E-state index contributed by atoms with van der Waals surface area (Å²) in [6.45, 7) is 3.15. The maximum Gasteiger partial charge on any atom is 0.0705 e. The maximum atomic E-state index is 6.45. The lowest BCUT2D eigenvalue weighted by molar-refractivity contribution is 0.285. The summed E-state index contributed by atoms with van der Waals surface area (Å²) in [5, 5.41) is 5.66. The van der Waals surface area contributed by atoms with Gasteiger partial charge in [0.2, 0.25) is 0 Å². The summed E-state index contributed by atoms with van der Waals surface area (Å²) >= 11 is 6.45. The van der Waals surface area contributed by atoms with Crippen molar-refractivity contribution in [2.45, 2.75) is 51.6 Å². The van der Waals surface area contributed by atoms with Crippen molar-refractivity contribution >= 4 is 22.5 Å². The van der Waals surface area contributed by atoms with Gasteiger partial charge in [-0.3, -0.25) is 0 Å². The first kappa shape index (κ1) is 14.0. The lowest BCUT2D eigenvalue weighted by atomic mass is 9.84. The Kier molecular flexibility index (Phi) is 4.32. The first-order valence-electron chi connectivity index (χ1n) is 7.76. The standard InChI is InChI=1S/C17H23ClN2/c1-2-12-7-9-13(10-8-12)19-11-16-17(18)14-5-3-4-6-15(14)20-16/h3-6,12-13,19-20H,2,7-11H2,1H3. The number of aromatic amines is 1. The van der Waals surface area contributed by atoms with Gasteiger partial charge >= 0.3 is 0 Å². The molecule has 3 heteroatoms. The highest BCUT2D eigenvalue weighted by molar-refractivity contribution is 6.36. The molecule has 0 unspecified atom stereocenters. The molecule has 2 nitrogen and oxygen atoms in total. The number of nitrogens with one attached hydrogen (secondary N) is 2. The lowest BCUT2D eigenvalue weighted by Gasteiger charge is -2.28. The SMILES string of the molecule is CCC1CCC(NCc2[nH]c3ccccc3c2Cl)CC1.